The Bertz CT molecular complexity index is 1020. The van der Waals surface area contributed by atoms with Gasteiger partial charge in [0.25, 0.3) is 0 Å². The van der Waals surface area contributed by atoms with Gasteiger partial charge in [0.15, 0.2) is 6.17 Å². The fraction of sp³-hybridized carbons (Fsp3) is 0.500. The smallest absolute Gasteiger partial charge is 0.315 e. The van der Waals surface area contributed by atoms with Gasteiger partial charge < -0.3 is 10.2 Å². The molecule has 0 aromatic heterocycles. The molecule has 35 heavy (non-hydrogen) atoms. The monoisotopic (exact) mass is 480 g/mol. The lowest BCUT2D eigenvalue weighted by atomic mass is 9.99. The van der Waals surface area contributed by atoms with E-state index in [0.29, 0.717) is 23.0 Å². The molecule has 0 bridgehead atoms. The summed E-state index contributed by atoms with van der Waals surface area (Å²) in [6, 6.07) is 14.1. The number of carbonyl (C=O) groups excluding carboxylic acids is 2. The Kier molecular flexibility index (Phi) is 8.78. The Hall–Kier alpha value is -3.06. The predicted octanol–water partition coefficient (Wildman–Crippen LogP) is 6.93. The van der Waals surface area contributed by atoms with E-state index in [-0.39, 0.29) is 6.03 Å². The van der Waals surface area contributed by atoms with E-state index in [1.165, 1.54) is 19.3 Å². The van der Waals surface area contributed by atoms with Gasteiger partial charge in [0.2, 0.25) is 0 Å². The first-order chi connectivity index (χ1) is 16.7. The van der Waals surface area contributed by atoms with E-state index in [1.54, 1.807) is 15.9 Å². The minimum Gasteiger partial charge on any atom is -0.315 e. The summed E-state index contributed by atoms with van der Waals surface area (Å²) in [5.41, 5.74) is 2.41. The number of carbonyl (C=O) groups is 2. The molecule has 1 fully saturated rings. The van der Waals surface area contributed by atoms with Crippen LogP contribution in [-0.4, -0.2) is 45.5 Å². The number of aryl methyl sites for hydroxylation is 2. The van der Waals surface area contributed by atoms with Crippen LogP contribution in [0.1, 0.15) is 70.4 Å². The third-order valence-electron chi connectivity index (χ3n) is 6.73. The molecule has 7 nitrogen and oxygen atoms in total. The average molecular weight is 481 g/mol. The van der Waals surface area contributed by atoms with Crippen molar-refractivity contribution in [2.24, 2.45) is 0 Å². The second-order valence-corrected chi connectivity index (χ2v) is 10.1. The van der Waals surface area contributed by atoms with Crippen LogP contribution in [0.2, 0.25) is 0 Å². The molecule has 2 aromatic rings. The van der Waals surface area contributed by atoms with Crippen LogP contribution in [-0.2, 0) is 0 Å². The van der Waals surface area contributed by atoms with Crippen molar-refractivity contribution >= 4 is 23.4 Å². The third kappa shape index (κ3) is 6.14. The zero-order valence-corrected chi connectivity index (χ0v) is 21.8. The molecule has 0 saturated carbocycles. The highest BCUT2D eigenvalue weighted by atomic mass is 16.5. The van der Waals surface area contributed by atoms with Crippen LogP contribution in [0.3, 0.4) is 0 Å². The van der Waals surface area contributed by atoms with Gasteiger partial charge in [0, 0.05) is 17.9 Å². The summed E-state index contributed by atoms with van der Waals surface area (Å²) in [6.07, 6.45) is 5.80. The molecule has 0 aliphatic carbocycles. The number of hydroxylamine groups is 2. The van der Waals surface area contributed by atoms with Crippen molar-refractivity contribution in [2.75, 3.05) is 16.8 Å². The van der Waals surface area contributed by atoms with Crippen molar-refractivity contribution < 1.29 is 14.8 Å². The molecule has 190 valence electrons. The lowest BCUT2D eigenvalue weighted by Crippen LogP contribution is -2.58. The van der Waals surface area contributed by atoms with Crippen molar-refractivity contribution in [1.29, 1.82) is 0 Å². The first kappa shape index (κ1) is 26.5. The van der Waals surface area contributed by atoms with Gasteiger partial charge >= 0.3 is 12.1 Å². The van der Waals surface area contributed by atoms with Crippen LogP contribution in [0.25, 0.3) is 0 Å². The van der Waals surface area contributed by atoms with Crippen LogP contribution >= 0.6 is 0 Å². The average Bonchev–Trinajstić information content (AvgIpc) is 3.00. The summed E-state index contributed by atoms with van der Waals surface area (Å²) in [6.45, 7) is 10.5. The fourth-order valence-electron chi connectivity index (χ4n) is 4.82. The van der Waals surface area contributed by atoms with Gasteiger partial charge in [-0.3, -0.25) is 10.1 Å². The Morgan fingerprint density at radius 3 is 2.29 bits per heavy atom. The summed E-state index contributed by atoms with van der Waals surface area (Å²) in [5, 5.41) is 14.6. The number of hydrogen-bond acceptors (Lipinski definition) is 3. The molecule has 0 unspecified atom stereocenters. The Morgan fingerprint density at radius 1 is 1.00 bits per heavy atom. The molecule has 1 aliphatic heterocycles. The summed E-state index contributed by atoms with van der Waals surface area (Å²) < 4.78 is 0. The highest BCUT2D eigenvalue weighted by Gasteiger charge is 2.55. The van der Waals surface area contributed by atoms with Crippen molar-refractivity contribution in [3.63, 3.8) is 0 Å². The molecule has 2 N–H and O–H groups in total. The standard InChI is InChI=1S/C28H40N4O3/c1-6-7-8-9-10-11-18-30-27(34)31(24-17-13-15-22(3)20-24)25(28(30,4)5)32(35)26(33)29-23-16-12-14-21(2)19-23/h12-17,19-20,25,35H,6-11,18H2,1-5H3,(H,29,33)/t25-/m1/s1. The van der Waals surface area contributed by atoms with Gasteiger partial charge in [-0.15, -0.1) is 0 Å². The van der Waals surface area contributed by atoms with E-state index >= 15 is 0 Å². The number of unbranched alkanes of at least 4 members (excludes halogenated alkanes) is 5. The molecule has 1 aliphatic rings. The lowest BCUT2D eigenvalue weighted by Gasteiger charge is -2.38. The number of rotatable bonds is 10. The van der Waals surface area contributed by atoms with Gasteiger partial charge in [-0.2, -0.15) is 5.06 Å². The van der Waals surface area contributed by atoms with E-state index in [9.17, 15) is 14.8 Å². The second kappa shape index (κ2) is 11.6. The van der Waals surface area contributed by atoms with E-state index in [4.69, 9.17) is 0 Å². The lowest BCUT2D eigenvalue weighted by molar-refractivity contribution is -0.0949. The van der Waals surface area contributed by atoms with Crippen LogP contribution < -0.4 is 10.2 Å². The summed E-state index contributed by atoms with van der Waals surface area (Å²) in [4.78, 5) is 30.2. The topological polar surface area (TPSA) is 76.1 Å². The fourth-order valence-corrected chi connectivity index (χ4v) is 4.82. The number of nitrogens with zero attached hydrogens (tertiary/aromatic N) is 3. The first-order valence-electron chi connectivity index (χ1n) is 12.7. The summed E-state index contributed by atoms with van der Waals surface area (Å²) in [5.74, 6) is 0. The molecule has 7 heteroatoms. The molecular weight excluding hydrogens is 440 g/mol. The zero-order valence-electron chi connectivity index (χ0n) is 21.8. The third-order valence-corrected chi connectivity index (χ3v) is 6.73. The van der Waals surface area contributed by atoms with Gasteiger partial charge in [-0.1, -0.05) is 63.3 Å². The molecular formula is C28H40N4O3. The number of urea groups is 2. The maximum absolute atomic E-state index is 13.7. The number of anilines is 2. The van der Waals surface area contributed by atoms with Crippen LogP contribution in [0.5, 0.6) is 0 Å². The number of hydrogen-bond donors (Lipinski definition) is 2. The Labute approximate surface area is 209 Å². The highest BCUT2D eigenvalue weighted by molar-refractivity contribution is 5.98. The zero-order chi connectivity index (χ0) is 25.6. The number of amides is 4. The molecule has 2 aromatic carbocycles. The summed E-state index contributed by atoms with van der Waals surface area (Å²) in [7, 11) is 0. The van der Waals surface area contributed by atoms with Gasteiger partial charge in [0.1, 0.15) is 0 Å². The summed E-state index contributed by atoms with van der Waals surface area (Å²) >= 11 is 0. The van der Waals surface area contributed by atoms with E-state index in [2.05, 4.69) is 12.2 Å². The predicted molar refractivity (Wildman–Crippen MR) is 141 cm³/mol. The maximum atomic E-state index is 13.7. The van der Waals surface area contributed by atoms with Gasteiger partial charge in [-0.05, 0) is 69.5 Å². The molecule has 0 spiro atoms. The largest absolute Gasteiger partial charge is 0.347 e. The molecule has 1 saturated heterocycles. The number of benzene rings is 2. The van der Waals surface area contributed by atoms with Crippen LogP contribution in [0.15, 0.2) is 48.5 Å². The van der Waals surface area contributed by atoms with Crippen molar-refractivity contribution in [3.8, 4) is 0 Å². The minimum absolute atomic E-state index is 0.207. The minimum atomic E-state index is -0.901. The van der Waals surface area contributed by atoms with Crippen molar-refractivity contribution in [2.45, 2.75) is 84.8 Å². The highest BCUT2D eigenvalue weighted by Crippen LogP contribution is 2.38. The van der Waals surface area contributed by atoms with Crippen molar-refractivity contribution in [1.82, 2.24) is 9.96 Å². The molecule has 1 heterocycles. The first-order valence-corrected chi connectivity index (χ1v) is 12.7. The van der Waals surface area contributed by atoms with Crippen LogP contribution in [0, 0.1) is 13.8 Å². The Balaban J connectivity index is 1.86. The molecule has 1 atom stereocenters. The normalized spacial score (nSPS) is 17.1. The van der Waals surface area contributed by atoms with Crippen molar-refractivity contribution in [3.05, 3.63) is 59.7 Å². The second-order valence-electron chi connectivity index (χ2n) is 10.1. The molecule has 4 amide bonds. The van der Waals surface area contributed by atoms with Gasteiger partial charge in [-0.25, -0.2) is 9.59 Å². The quantitative estimate of drug-likeness (QED) is 0.220. The molecule has 0 radical (unpaired) electrons. The number of nitrogens with one attached hydrogen (secondary N) is 1. The van der Waals surface area contributed by atoms with Crippen LogP contribution in [0.4, 0.5) is 21.0 Å². The SMILES string of the molecule is CCCCCCCCN1C(=O)N(c2cccc(C)c2)[C@H](N(O)C(=O)Nc2cccc(C)c2)C1(C)C. The Morgan fingerprint density at radius 2 is 1.63 bits per heavy atom. The van der Waals surface area contributed by atoms with E-state index < -0.39 is 17.7 Å². The molecule has 3 rings (SSSR count). The van der Waals surface area contributed by atoms with E-state index in [1.807, 2.05) is 70.2 Å². The van der Waals surface area contributed by atoms with E-state index in [0.717, 1.165) is 30.4 Å². The maximum Gasteiger partial charge on any atom is 0.347 e. The van der Waals surface area contributed by atoms with Gasteiger partial charge in [0.05, 0.1) is 5.54 Å².